The van der Waals surface area contributed by atoms with Crippen molar-refractivity contribution in [3.63, 3.8) is 0 Å². The lowest BCUT2D eigenvalue weighted by Crippen LogP contribution is -2.45. The van der Waals surface area contributed by atoms with Crippen LogP contribution in [0, 0.1) is 0 Å². The van der Waals surface area contributed by atoms with E-state index in [0.717, 1.165) is 29.5 Å². The summed E-state index contributed by atoms with van der Waals surface area (Å²) in [6.07, 6.45) is 4.45. The van der Waals surface area contributed by atoms with Crippen molar-refractivity contribution in [1.82, 2.24) is 4.90 Å². The Morgan fingerprint density at radius 3 is 2.26 bits per heavy atom. The van der Waals surface area contributed by atoms with Gasteiger partial charge in [0.2, 0.25) is 0 Å². The molecule has 120 valence electrons. The molecule has 3 heteroatoms. The first-order valence-corrected chi connectivity index (χ1v) is 9.11. The summed E-state index contributed by atoms with van der Waals surface area (Å²) in [5.74, 6) is 0.239. The fraction of sp³-hybridized carbons (Fsp3) is 0.350. The van der Waals surface area contributed by atoms with Gasteiger partial charge in [-0.05, 0) is 50.0 Å². The van der Waals surface area contributed by atoms with E-state index in [1.165, 1.54) is 24.8 Å². The molecular formula is C20H22BrNO. The zero-order chi connectivity index (χ0) is 16.1. The molecule has 0 saturated carbocycles. The molecule has 1 heterocycles. The molecule has 0 aliphatic carbocycles. The molecule has 1 aliphatic heterocycles. The number of carbonyl (C=O) groups is 1. The number of ketones is 1. The second kappa shape index (κ2) is 7.89. The number of likely N-dealkylation sites (tertiary alicyclic amines) is 1. The number of benzene rings is 2. The fourth-order valence-corrected chi connectivity index (χ4v) is 3.53. The first-order valence-electron chi connectivity index (χ1n) is 8.32. The number of Topliss-reactive ketones (excluding diaryl/α,β-unsaturated/α-hetero) is 1. The van der Waals surface area contributed by atoms with E-state index < -0.39 is 0 Å². The molecule has 0 bridgehead atoms. The van der Waals surface area contributed by atoms with E-state index in [2.05, 4.69) is 33.0 Å². The third-order valence-corrected chi connectivity index (χ3v) is 5.06. The van der Waals surface area contributed by atoms with E-state index in [-0.39, 0.29) is 11.8 Å². The van der Waals surface area contributed by atoms with Crippen LogP contribution in [0.4, 0.5) is 0 Å². The lowest BCUT2D eigenvalue weighted by molar-refractivity contribution is 0.0783. The van der Waals surface area contributed by atoms with Crippen molar-refractivity contribution < 1.29 is 4.79 Å². The van der Waals surface area contributed by atoms with Crippen molar-refractivity contribution >= 4 is 21.7 Å². The van der Waals surface area contributed by atoms with Crippen LogP contribution < -0.4 is 0 Å². The predicted octanol–water partition coefficient (Wildman–Crippen LogP) is 4.73. The van der Waals surface area contributed by atoms with Gasteiger partial charge in [0.1, 0.15) is 0 Å². The zero-order valence-corrected chi connectivity index (χ0v) is 14.8. The molecule has 0 radical (unpaired) electrons. The molecule has 0 N–H and O–H groups in total. The summed E-state index contributed by atoms with van der Waals surface area (Å²) in [6.45, 7) is 2.06. The Morgan fingerprint density at radius 2 is 1.61 bits per heavy atom. The molecule has 1 fully saturated rings. The maximum atomic E-state index is 13.1. The number of hydrogen-bond acceptors (Lipinski definition) is 2. The number of halogens is 1. The van der Waals surface area contributed by atoms with Crippen molar-refractivity contribution in [2.75, 3.05) is 13.1 Å². The minimum atomic E-state index is -0.0566. The van der Waals surface area contributed by atoms with Gasteiger partial charge in [0.05, 0.1) is 6.04 Å². The van der Waals surface area contributed by atoms with E-state index in [1.807, 2.05) is 42.5 Å². The Morgan fingerprint density at radius 1 is 0.957 bits per heavy atom. The van der Waals surface area contributed by atoms with E-state index in [4.69, 9.17) is 0 Å². The number of carbonyl (C=O) groups excluding carboxylic acids is 1. The summed E-state index contributed by atoms with van der Waals surface area (Å²) in [6, 6.07) is 18.0. The molecule has 3 rings (SSSR count). The Hall–Kier alpha value is -1.45. The monoisotopic (exact) mass is 371 g/mol. The smallest absolute Gasteiger partial charge is 0.180 e. The summed E-state index contributed by atoms with van der Waals surface area (Å²) in [7, 11) is 0. The van der Waals surface area contributed by atoms with Gasteiger partial charge in [-0.25, -0.2) is 0 Å². The summed E-state index contributed by atoms with van der Waals surface area (Å²) >= 11 is 3.44. The Kier molecular flexibility index (Phi) is 5.63. The highest BCUT2D eigenvalue weighted by molar-refractivity contribution is 9.10. The molecule has 0 amide bonds. The van der Waals surface area contributed by atoms with Gasteiger partial charge < -0.3 is 0 Å². The summed E-state index contributed by atoms with van der Waals surface area (Å²) < 4.78 is 1.01. The molecule has 1 atom stereocenters. The summed E-state index contributed by atoms with van der Waals surface area (Å²) in [4.78, 5) is 15.5. The SMILES string of the molecule is O=C(c1ccc(Br)cc1)[C@H](Cc1ccccc1)N1CCCCC1. The van der Waals surface area contributed by atoms with Gasteiger partial charge in [-0.15, -0.1) is 0 Å². The quantitative estimate of drug-likeness (QED) is 0.708. The van der Waals surface area contributed by atoms with Crippen molar-refractivity contribution in [2.45, 2.75) is 31.7 Å². The van der Waals surface area contributed by atoms with Crippen LogP contribution in [0.15, 0.2) is 59.1 Å². The Labute approximate surface area is 146 Å². The van der Waals surface area contributed by atoms with Crippen molar-refractivity contribution in [3.8, 4) is 0 Å². The second-order valence-electron chi connectivity index (χ2n) is 6.17. The summed E-state index contributed by atoms with van der Waals surface area (Å²) in [5, 5.41) is 0. The van der Waals surface area contributed by atoms with E-state index in [1.54, 1.807) is 0 Å². The van der Waals surface area contributed by atoms with Gasteiger partial charge in [0.25, 0.3) is 0 Å². The van der Waals surface area contributed by atoms with Crippen LogP contribution in [0.1, 0.15) is 35.2 Å². The predicted molar refractivity (Wildman–Crippen MR) is 97.8 cm³/mol. The number of rotatable bonds is 5. The van der Waals surface area contributed by atoms with Crippen molar-refractivity contribution in [2.24, 2.45) is 0 Å². The van der Waals surface area contributed by atoms with Crippen LogP contribution in [0.3, 0.4) is 0 Å². The van der Waals surface area contributed by atoms with Gasteiger partial charge in [-0.3, -0.25) is 9.69 Å². The minimum absolute atomic E-state index is 0.0566. The average molecular weight is 372 g/mol. The Balaban J connectivity index is 1.84. The second-order valence-corrected chi connectivity index (χ2v) is 7.09. The first kappa shape index (κ1) is 16.4. The Bertz CT molecular complexity index is 632. The van der Waals surface area contributed by atoms with Crippen LogP contribution in [-0.2, 0) is 6.42 Å². The van der Waals surface area contributed by atoms with Gasteiger partial charge in [0, 0.05) is 10.0 Å². The van der Waals surface area contributed by atoms with Gasteiger partial charge in [0.15, 0.2) is 5.78 Å². The van der Waals surface area contributed by atoms with Gasteiger partial charge in [-0.1, -0.05) is 64.8 Å². The van der Waals surface area contributed by atoms with Crippen LogP contribution in [0.2, 0.25) is 0 Å². The van der Waals surface area contributed by atoms with Crippen LogP contribution in [0.5, 0.6) is 0 Å². The molecular weight excluding hydrogens is 350 g/mol. The fourth-order valence-electron chi connectivity index (χ4n) is 3.26. The highest BCUT2D eigenvalue weighted by Crippen LogP contribution is 2.20. The molecule has 0 spiro atoms. The van der Waals surface area contributed by atoms with Crippen LogP contribution in [-0.4, -0.2) is 29.8 Å². The van der Waals surface area contributed by atoms with E-state index in [0.29, 0.717) is 0 Å². The van der Waals surface area contributed by atoms with E-state index in [9.17, 15) is 4.79 Å². The number of hydrogen-bond donors (Lipinski definition) is 0. The van der Waals surface area contributed by atoms with Gasteiger partial charge >= 0.3 is 0 Å². The van der Waals surface area contributed by atoms with Crippen LogP contribution in [0.25, 0.3) is 0 Å². The van der Waals surface area contributed by atoms with Crippen molar-refractivity contribution in [1.29, 1.82) is 0 Å². The topological polar surface area (TPSA) is 20.3 Å². The highest BCUT2D eigenvalue weighted by atomic mass is 79.9. The average Bonchev–Trinajstić information content (AvgIpc) is 2.61. The third kappa shape index (κ3) is 4.30. The lowest BCUT2D eigenvalue weighted by Gasteiger charge is -2.33. The van der Waals surface area contributed by atoms with E-state index >= 15 is 0 Å². The minimum Gasteiger partial charge on any atom is -0.293 e. The highest BCUT2D eigenvalue weighted by Gasteiger charge is 2.28. The molecule has 2 aromatic carbocycles. The maximum absolute atomic E-state index is 13.1. The zero-order valence-electron chi connectivity index (χ0n) is 13.2. The number of nitrogens with zero attached hydrogens (tertiary/aromatic N) is 1. The molecule has 2 aromatic rings. The summed E-state index contributed by atoms with van der Waals surface area (Å²) in [5.41, 5.74) is 2.04. The molecule has 0 aromatic heterocycles. The van der Waals surface area contributed by atoms with Crippen LogP contribution >= 0.6 is 15.9 Å². The first-order chi connectivity index (χ1) is 11.2. The molecule has 0 unspecified atom stereocenters. The standard InChI is InChI=1S/C20H22BrNO/c21-18-11-9-17(10-12-18)20(23)19(22-13-5-2-6-14-22)15-16-7-3-1-4-8-16/h1,3-4,7-12,19H,2,5-6,13-15H2/t19-/m0/s1. The maximum Gasteiger partial charge on any atom is 0.180 e. The third-order valence-electron chi connectivity index (χ3n) is 4.53. The molecule has 1 saturated heterocycles. The largest absolute Gasteiger partial charge is 0.293 e. The normalized spacial score (nSPS) is 16.9. The molecule has 23 heavy (non-hydrogen) atoms. The number of piperidine rings is 1. The van der Waals surface area contributed by atoms with Gasteiger partial charge in [-0.2, -0.15) is 0 Å². The lowest BCUT2D eigenvalue weighted by atomic mass is 9.94. The molecule has 1 aliphatic rings. The molecule has 2 nitrogen and oxygen atoms in total. The van der Waals surface area contributed by atoms with Crippen molar-refractivity contribution in [3.05, 3.63) is 70.2 Å².